The topological polar surface area (TPSA) is 150 Å². The minimum absolute atomic E-state index is 0.00235. The van der Waals surface area contributed by atoms with E-state index in [0.29, 0.717) is 6.07 Å². The summed E-state index contributed by atoms with van der Waals surface area (Å²) in [4.78, 5) is 21.8. The maximum Gasteiger partial charge on any atom is 0.338 e. The van der Waals surface area contributed by atoms with E-state index in [1.807, 2.05) is 0 Å². The number of carbonyl (C=O) groups is 2. The van der Waals surface area contributed by atoms with E-state index in [2.05, 4.69) is 0 Å². The van der Waals surface area contributed by atoms with E-state index >= 15 is 0 Å². The van der Waals surface area contributed by atoms with Crippen LogP contribution >= 0.6 is 0 Å². The Morgan fingerprint density at radius 2 is 1.73 bits per heavy atom. The fourth-order valence-electron chi connectivity index (χ4n) is 1.43. The van der Waals surface area contributed by atoms with Gasteiger partial charge in [0.05, 0.1) is 36.2 Å². The molecular formula is C12H13O9S-. The third-order valence-corrected chi connectivity index (χ3v) is 3.20. The van der Waals surface area contributed by atoms with Crippen LogP contribution in [0.2, 0.25) is 0 Å². The van der Waals surface area contributed by atoms with Crippen LogP contribution in [0.1, 0.15) is 20.7 Å². The lowest BCUT2D eigenvalue weighted by Gasteiger charge is -2.09. The van der Waals surface area contributed by atoms with Crippen molar-refractivity contribution in [3.8, 4) is 0 Å². The maximum atomic E-state index is 11.7. The number of hydrogen-bond donors (Lipinski definition) is 2. The minimum Gasteiger partial charge on any atom is -0.545 e. The quantitative estimate of drug-likeness (QED) is 0.328. The van der Waals surface area contributed by atoms with Crippen LogP contribution in [0.15, 0.2) is 23.1 Å². The first-order valence-electron chi connectivity index (χ1n) is 5.95. The van der Waals surface area contributed by atoms with Gasteiger partial charge in [0.25, 0.3) is 10.1 Å². The molecule has 0 bridgehead atoms. The number of esters is 1. The lowest BCUT2D eigenvalue weighted by Crippen LogP contribution is -2.23. The number of carboxylic acids is 1. The van der Waals surface area contributed by atoms with Crippen molar-refractivity contribution in [3.63, 3.8) is 0 Å². The molecule has 10 heteroatoms. The summed E-state index contributed by atoms with van der Waals surface area (Å²) in [5.74, 6) is -2.72. The minimum atomic E-state index is -4.70. The predicted molar refractivity (Wildman–Crippen MR) is 68.8 cm³/mol. The van der Waals surface area contributed by atoms with E-state index in [9.17, 15) is 23.1 Å². The zero-order valence-corrected chi connectivity index (χ0v) is 12.0. The molecule has 0 aliphatic rings. The van der Waals surface area contributed by atoms with Crippen molar-refractivity contribution >= 4 is 22.1 Å². The molecule has 9 nitrogen and oxygen atoms in total. The van der Waals surface area contributed by atoms with Crippen LogP contribution in [-0.2, 0) is 19.6 Å². The highest BCUT2D eigenvalue weighted by atomic mass is 32.2. The third kappa shape index (κ3) is 5.41. The summed E-state index contributed by atoms with van der Waals surface area (Å²) in [6.07, 6.45) is 0. The molecule has 0 radical (unpaired) electrons. The van der Waals surface area contributed by atoms with Gasteiger partial charge >= 0.3 is 5.97 Å². The van der Waals surface area contributed by atoms with E-state index in [1.165, 1.54) is 0 Å². The molecule has 0 aromatic heterocycles. The molecule has 0 amide bonds. The third-order valence-electron chi connectivity index (χ3n) is 2.37. The number of carbonyl (C=O) groups excluding carboxylic acids is 2. The Labute approximate surface area is 125 Å². The molecule has 0 atom stereocenters. The molecule has 0 spiro atoms. The summed E-state index contributed by atoms with van der Waals surface area (Å²) in [6.45, 7) is -0.322. The van der Waals surface area contributed by atoms with Crippen molar-refractivity contribution in [1.29, 1.82) is 0 Å². The van der Waals surface area contributed by atoms with Gasteiger partial charge in [0.1, 0.15) is 6.61 Å². The van der Waals surface area contributed by atoms with Crippen LogP contribution in [0.5, 0.6) is 0 Å². The normalized spacial score (nSPS) is 11.2. The number of aliphatic hydroxyl groups is 1. The Bertz CT molecular complexity index is 651. The van der Waals surface area contributed by atoms with Crippen LogP contribution in [0.4, 0.5) is 0 Å². The van der Waals surface area contributed by atoms with Gasteiger partial charge in [-0.15, -0.1) is 0 Å². The van der Waals surface area contributed by atoms with Gasteiger partial charge in [0, 0.05) is 0 Å². The maximum absolute atomic E-state index is 11.7. The van der Waals surface area contributed by atoms with Crippen molar-refractivity contribution in [1.82, 2.24) is 0 Å². The average molecular weight is 333 g/mol. The molecule has 1 rings (SSSR count). The molecule has 0 saturated carbocycles. The summed E-state index contributed by atoms with van der Waals surface area (Å²) in [5, 5.41) is 19.3. The second-order valence-corrected chi connectivity index (χ2v) is 5.40. The van der Waals surface area contributed by atoms with E-state index in [4.69, 9.17) is 19.1 Å². The molecule has 1 aromatic carbocycles. The Hall–Kier alpha value is -2.01. The number of aliphatic hydroxyl groups excluding tert-OH is 1. The number of benzene rings is 1. The van der Waals surface area contributed by atoms with Crippen LogP contribution in [0, 0.1) is 0 Å². The second-order valence-electron chi connectivity index (χ2n) is 3.98. The smallest absolute Gasteiger partial charge is 0.338 e. The first-order valence-corrected chi connectivity index (χ1v) is 7.39. The number of aromatic carboxylic acids is 1. The zero-order chi connectivity index (χ0) is 16.8. The highest BCUT2D eigenvalue weighted by Gasteiger charge is 2.17. The summed E-state index contributed by atoms with van der Waals surface area (Å²) in [6, 6.07) is 2.30. The number of rotatable bonds is 8. The molecule has 0 unspecified atom stereocenters. The SMILES string of the molecule is O=C([O-])c1cc(C(=O)OCCOCCO)cc(S(=O)(=O)O)c1. The second kappa shape index (κ2) is 7.84. The van der Waals surface area contributed by atoms with Crippen molar-refractivity contribution in [3.05, 3.63) is 29.3 Å². The molecule has 122 valence electrons. The molecule has 0 fully saturated rings. The monoisotopic (exact) mass is 333 g/mol. The molecule has 0 saturated heterocycles. The highest BCUT2D eigenvalue weighted by Crippen LogP contribution is 2.16. The summed E-state index contributed by atoms with van der Waals surface area (Å²) in [7, 11) is -4.70. The van der Waals surface area contributed by atoms with Gasteiger partial charge in [0.2, 0.25) is 0 Å². The van der Waals surface area contributed by atoms with Crippen molar-refractivity contribution < 1.29 is 42.2 Å². The highest BCUT2D eigenvalue weighted by molar-refractivity contribution is 7.85. The largest absolute Gasteiger partial charge is 0.545 e. The Balaban J connectivity index is 2.91. The van der Waals surface area contributed by atoms with Crippen LogP contribution < -0.4 is 5.11 Å². The van der Waals surface area contributed by atoms with Crippen molar-refractivity contribution in [2.75, 3.05) is 26.4 Å². The van der Waals surface area contributed by atoms with Gasteiger partial charge in [-0.2, -0.15) is 8.42 Å². The van der Waals surface area contributed by atoms with Gasteiger partial charge in [-0.1, -0.05) is 0 Å². The van der Waals surface area contributed by atoms with E-state index < -0.39 is 32.5 Å². The van der Waals surface area contributed by atoms with Gasteiger partial charge in [0.15, 0.2) is 0 Å². The van der Waals surface area contributed by atoms with Crippen molar-refractivity contribution in [2.24, 2.45) is 0 Å². The average Bonchev–Trinajstić information content (AvgIpc) is 2.45. The molecule has 0 aliphatic heterocycles. The molecular weight excluding hydrogens is 320 g/mol. The van der Waals surface area contributed by atoms with Gasteiger partial charge < -0.3 is 24.5 Å². The number of ether oxygens (including phenoxy) is 2. The first kappa shape index (κ1) is 18.0. The fourth-order valence-corrected chi connectivity index (χ4v) is 1.98. The van der Waals surface area contributed by atoms with E-state index in [0.717, 1.165) is 12.1 Å². The van der Waals surface area contributed by atoms with E-state index in [1.54, 1.807) is 0 Å². The molecule has 2 N–H and O–H groups in total. The Kier molecular flexibility index (Phi) is 6.43. The van der Waals surface area contributed by atoms with Crippen LogP contribution in [-0.4, -0.2) is 56.4 Å². The lowest BCUT2D eigenvalue weighted by molar-refractivity contribution is -0.255. The molecule has 22 heavy (non-hydrogen) atoms. The predicted octanol–water partition coefficient (Wildman–Crippen LogP) is -1.54. The summed E-state index contributed by atoms with van der Waals surface area (Å²) in [5.41, 5.74) is -0.977. The number of carboxylic acid groups (broad SMARTS) is 1. The van der Waals surface area contributed by atoms with Crippen molar-refractivity contribution in [2.45, 2.75) is 4.90 Å². The molecule has 0 heterocycles. The summed E-state index contributed by atoms with van der Waals surface area (Å²) < 4.78 is 40.6. The number of hydrogen-bond acceptors (Lipinski definition) is 8. The van der Waals surface area contributed by atoms with Crippen LogP contribution in [0.25, 0.3) is 0 Å². The van der Waals surface area contributed by atoms with Gasteiger partial charge in [-0.05, 0) is 23.8 Å². The van der Waals surface area contributed by atoms with Gasteiger partial charge in [-0.3, -0.25) is 4.55 Å². The summed E-state index contributed by atoms with van der Waals surface area (Å²) >= 11 is 0. The molecule has 0 aliphatic carbocycles. The molecule has 1 aromatic rings. The lowest BCUT2D eigenvalue weighted by atomic mass is 10.1. The van der Waals surface area contributed by atoms with Crippen LogP contribution in [0.3, 0.4) is 0 Å². The Morgan fingerprint density at radius 1 is 1.09 bits per heavy atom. The standard InChI is InChI=1S/C12H14O9S/c13-1-2-20-3-4-21-12(16)9-5-8(11(14)15)6-10(7-9)22(17,18)19/h5-7,13H,1-4H2,(H,14,15)(H,17,18,19)/p-1. The fraction of sp³-hybridized carbons (Fsp3) is 0.333. The van der Waals surface area contributed by atoms with E-state index in [-0.39, 0.29) is 32.0 Å². The first-order chi connectivity index (χ1) is 10.3. The zero-order valence-electron chi connectivity index (χ0n) is 11.2. The Morgan fingerprint density at radius 3 is 2.27 bits per heavy atom. The van der Waals surface area contributed by atoms with Gasteiger partial charge in [-0.25, -0.2) is 4.79 Å².